The second kappa shape index (κ2) is 2.64. The molecule has 1 aliphatic heterocycles. The molecule has 0 unspecified atom stereocenters. The van der Waals surface area contributed by atoms with E-state index in [1.165, 1.54) is 13.2 Å². The third-order valence-electron chi connectivity index (χ3n) is 1.34. The van der Waals surface area contributed by atoms with Gasteiger partial charge >= 0.3 is 0 Å². The van der Waals surface area contributed by atoms with Gasteiger partial charge in [0.25, 0.3) is 5.91 Å². The van der Waals surface area contributed by atoms with Crippen LogP contribution >= 0.6 is 0 Å². The summed E-state index contributed by atoms with van der Waals surface area (Å²) in [5.74, 6) is 0.390. The van der Waals surface area contributed by atoms with Crippen molar-refractivity contribution in [1.29, 1.82) is 0 Å². The van der Waals surface area contributed by atoms with Gasteiger partial charge in [0.1, 0.15) is 5.76 Å². The zero-order valence-electron chi connectivity index (χ0n) is 6.05. The lowest BCUT2D eigenvalue weighted by atomic mass is 10.2. The van der Waals surface area contributed by atoms with Gasteiger partial charge in [0.15, 0.2) is 0 Å². The molecule has 1 aliphatic rings. The summed E-state index contributed by atoms with van der Waals surface area (Å²) in [5.41, 5.74) is 0.743. The molecule has 3 heteroatoms. The van der Waals surface area contributed by atoms with Crippen LogP contribution in [-0.4, -0.2) is 18.7 Å². The topological polar surface area (TPSA) is 38.7 Å². The van der Waals surface area contributed by atoms with Crippen LogP contribution in [0.3, 0.4) is 0 Å². The highest BCUT2D eigenvalue weighted by molar-refractivity contribution is 6.15. The van der Waals surface area contributed by atoms with Gasteiger partial charge < -0.3 is 4.74 Å². The average Bonchev–Trinajstić information content (AvgIpc) is 2.30. The normalized spacial score (nSPS) is 16.8. The molecule has 0 radical (unpaired) electrons. The van der Waals surface area contributed by atoms with Gasteiger partial charge in [-0.1, -0.05) is 6.92 Å². The molecule has 0 aromatic heterocycles. The Morgan fingerprint density at radius 1 is 1.70 bits per heavy atom. The van der Waals surface area contributed by atoms with Crippen LogP contribution in [0.5, 0.6) is 0 Å². The number of carbonyl (C=O) groups is 1. The van der Waals surface area contributed by atoms with Crippen molar-refractivity contribution in [3.8, 4) is 0 Å². The maximum absolute atomic E-state index is 10.6. The summed E-state index contributed by atoms with van der Waals surface area (Å²) in [6.45, 7) is 1.93. The van der Waals surface area contributed by atoms with Gasteiger partial charge in [-0.15, -0.1) is 0 Å². The Kier molecular flexibility index (Phi) is 1.85. The summed E-state index contributed by atoms with van der Waals surface area (Å²) in [6, 6.07) is 0. The second-order valence-corrected chi connectivity index (χ2v) is 1.96. The molecular weight excluding hydrogens is 130 g/mol. The summed E-state index contributed by atoms with van der Waals surface area (Å²) in [6.07, 6.45) is 2.14. The van der Waals surface area contributed by atoms with Crippen molar-refractivity contribution in [3.63, 3.8) is 0 Å². The highest BCUT2D eigenvalue weighted by Gasteiger charge is 2.14. The first kappa shape index (κ1) is 6.99. The molecule has 0 spiro atoms. The Morgan fingerprint density at radius 2 is 2.40 bits per heavy atom. The lowest BCUT2D eigenvalue weighted by Gasteiger charge is -1.99. The molecule has 1 amide bonds. The second-order valence-electron chi connectivity index (χ2n) is 1.96. The number of carbonyl (C=O) groups excluding carboxylic acids is 1. The van der Waals surface area contributed by atoms with E-state index in [0.717, 1.165) is 12.1 Å². The van der Waals surface area contributed by atoms with Gasteiger partial charge in [0, 0.05) is 6.08 Å². The van der Waals surface area contributed by atoms with Crippen LogP contribution < -0.4 is 0 Å². The van der Waals surface area contributed by atoms with E-state index >= 15 is 0 Å². The van der Waals surface area contributed by atoms with Crippen molar-refractivity contribution >= 4 is 11.6 Å². The minimum Gasteiger partial charge on any atom is -0.495 e. The van der Waals surface area contributed by atoms with Crippen LogP contribution in [0.15, 0.2) is 16.8 Å². The minimum absolute atomic E-state index is 0.214. The lowest BCUT2D eigenvalue weighted by Crippen LogP contribution is -1.98. The zero-order chi connectivity index (χ0) is 7.56. The van der Waals surface area contributed by atoms with Crippen molar-refractivity contribution in [3.05, 3.63) is 11.8 Å². The number of nitrogens with zero attached hydrogens (tertiary/aromatic N) is 1. The molecule has 0 saturated carbocycles. The van der Waals surface area contributed by atoms with Gasteiger partial charge in [-0.3, -0.25) is 4.79 Å². The van der Waals surface area contributed by atoms with Crippen LogP contribution in [0, 0.1) is 0 Å². The van der Waals surface area contributed by atoms with E-state index in [2.05, 4.69) is 4.99 Å². The molecular formula is C7H9NO2. The number of rotatable bonds is 2. The number of allylic oxidation sites excluding steroid dienone is 1. The predicted molar refractivity (Wildman–Crippen MR) is 37.8 cm³/mol. The molecule has 54 valence electrons. The molecule has 0 aromatic rings. The van der Waals surface area contributed by atoms with E-state index in [4.69, 9.17) is 4.74 Å². The molecule has 1 rings (SSSR count). The van der Waals surface area contributed by atoms with Crippen molar-refractivity contribution in [2.24, 2.45) is 4.99 Å². The Balaban J connectivity index is 2.83. The molecule has 0 N–H and O–H groups in total. The molecule has 0 atom stereocenters. The van der Waals surface area contributed by atoms with Gasteiger partial charge in [-0.25, -0.2) is 4.99 Å². The molecule has 0 saturated heterocycles. The first-order valence-electron chi connectivity index (χ1n) is 3.15. The predicted octanol–water partition coefficient (Wildman–Crippen LogP) is 0.908. The van der Waals surface area contributed by atoms with Crippen LogP contribution in [-0.2, 0) is 9.53 Å². The van der Waals surface area contributed by atoms with E-state index < -0.39 is 0 Å². The number of methoxy groups -OCH3 is 1. The number of ether oxygens (including phenoxy) is 1. The smallest absolute Gasteiger partial charge is 0.273 e. The lowest BCUT2D eigenvalue weighted by molar-refractivity contribution is -0.113. The summed E-state index contributed by atoms with van der Waals surface area (Å²) in [7, 11) is 1.54. The summed E-state index contributed by atoms with van der Waals surface area (Å²) in [4.78, 5) is 14.4. The monoisotopic (exact) mass is 139 g/mol. The van der Waals surface area contributed by atoms with Crippen molar-refractivity contribution in [2.45, 2.75) is 13.3 Å². The molecule has 10 heavy (non-hydrogen) atoms. The molecule has 0 bridgehead atoms. The average molecular weight is 139 g/mol. The van der Waals surface area contributed by atoms with E-state index in [-0.39, 0.29) is 5.91 Å². The largest absolute Gasteiger partial charge is 0.495 e. The molecule has 3 nitrogen and oxygen atoms in total. The fourth-order valence-corrected chi connectivity index (χ4v) is 0.846. The minimum atomic E-state index is -0.214. The van der Waals surface area contributed by atoms with Crippen molar-refractivity contribution in [2.75, 3.05) is 7.11 Å². The SMILES string of the molecule is CCC1=NC(=O)C=C1OC. The zero-order valence-corrected chi connectivity index (χ0v) is 6.05. The molecule has 0 aromatic carbocycles. The maximum atomic E-state index is 10.6. The standard InChI is InChI=1S/C7H9NO2/c1-3-5-6(10-2)4-7(9)8-5/h4H,3H2,1-2H3. The van der Waals surface area contributed by atoms with Crippen molar-refractivity contribution in [1.82, 2.24) is 0 Å². The Bertz CT molecular complexity index is 194. The molecule has 1 heterocycles. The van der Waals surface area contributed by atoms with Crippen LogP contribution in [0.2, 0.25) is 0 Å². The fraction of sp³-hybridized carbons (Fsp3) is 0.429. The summed E-state index contributed by atoms with van der Waals surface area (Å²) in [5, 5.41) is 0. The molecule has 0 fully saturated rings. The van der Waals surface area contributed by atoms with Gasteiger partial charge in [0.2, 0.25) is 0 Å². The maximum Gasteiger partial charge on any atom is 0.273 e. The fourth-order valence-electron chi connectivity index (χ4n) is 0.846. The highest BCUT2D eigenvalue weighted by Crippen LogP contribution is 2.10. The van der Waals surface area contributed by atoms with E-state index in [0.29, 0.717) is 5.76 Å². The van der Waals surface area contributed by atoms with Crippen LogP contribution in [0.1, 0.15) is 13.3 Å². The summed E-state index contributed by atoms with van der Waals surface area (Å²) >= 11 is 0. The third kappa shape index (κ3) is 1.07. The van der Waals surface area contributed by atoms with Crippen molar-refractivity contribution < 1.29 is 9.53 Å². The van der Waals surface area contributed by atoms with E-state index in [1.807, 2.05) is 6.92 Å². The number of aliphatic imine (C=N–C) groups is 1. The van der Waals surface area contributed by atoms with E-state index in [9.17, 15) is 4.79 Å². The number of hydrogen-bond acceptors (Lipinski definition) is 2. The number of amides is 1. The molecule has 0 aliphatic carbocycles. The summed E-state index contributed by atoms with van der Waals surface area (Å²) < 4.78 is 4.89. The third-order valence-corrected chi connectivity index (χ3v) is 1.34. The van der Waals surface area contributed by atoms with E-state index in [1.54, 1.807) is 0 Å². The van der Waals surface area contributed by atoms with Crippen LogP contribution in [0.25, 0.3) is 0 Å². The first-order chi connectivity index (χ1) is 4.77. The van der Waals surface area contributed by atoms with Gasteiger partial charge in [-0.05, 0) is 6.42 Å². The highest BCUT2D eigenvalue weighted by atomic mass is 16.5. The van der Waals surface area contributed by atoms with Gasteiger partial charge in [-0.2, -0.15) is 0 Å². The Morgan fingerprint density at radius 3 is 2.80 bits per heavy atom. The Labute approximate surface area is 59.4 Å². The van der Waals surface area contributed by atoms with Gasteiger partial charge in [0.05, 0.1) is 12.8 Å². The van der Waals surface area contributed by atoms with Crippen LogP contribution in [0.4, 0.5) is 0 Å². The quantitative estimate of drug-likeness (QED) is 0.570. The number of hydrogen-bond donors (Lipinski definition) is 0. The Hall–Kier alpha value is -1.12. The first-order valence-corrected chi connectivity index (χ1v) is 3.15.